The summed E-state index contributed by atoms with van der Waals surface area (Å²) in [5.41, 5.74) is 7.06. The number of hydrogen-bond acceptors (Lipinski definition) is 2. The van der Waals surface area contributed by atoms with Gasteiger partial charge in [0.1, 0.15) is 0 Å². The van der Waals surface area contributed by atoms with Crippen LogP contribution in [0.1, 0.15) is 50.5 Å². The highest BCUT2D eigenvalue weighted by molar-refractivity contribution is 5.85. The Morgan fingerprint density at radius 2 is 1.81 bits per heavy atom. The molecule has 116 valence electrons. The van der Waals surface area contributed by atoms with Gasteiger partial charge in [-0.3, -0.25) is 4.79 Å². The van der Waals surface area contributed by atoms with Crippen molar-refractivity contribution < 1.29 is 4.79 Å². The van der Waals surface area contributed by atoms with Crippen LogP contribution in [0.5, 0.6) is 0 Å². The van der Waals surface area contributed by atoms with Gasteiger partial charge in [-0.15, -0.1) is 12.4 Å². The third-order valence-electron chi connectivity index (χ3n) is 4.99. The van der Waals surface area contributed by atoms with E-state index >= 15 is 0 Å². The van der Waals surface area contributed by atoms with Gasteiger partial charge >= 0.3 is 0 Å². The molecule has 0 saturated heterocycles. The fourth-order valence-corrected chi connectivity index (χ4v) is 3.81. The van der Waals surface area contributed by atoms with Crippen molar-refractivity contribution >= 4 is 18.3 Å². The van der Waals surface area contributed by atoms with Crippen LogP contribution in [0.2, 0.25) is 0 Å². The van der Waals surface area contributed by atoms with E-state index in [0.29, 0.717) is 0 Å². The van der Waals surface area contributed by atoms with E-state index in [1.807, 2.05) is 6.07 Å². The third-order valence-corrected chi connectivity index (χ3v) is 4.99. The number of halogens is 1. The van der Waals surface area contributed by atoms with Gasteiger partial charge in [-0.2, -0.15) is 0 Å². The van der Waals surface area contributed by atoms with Crippen molar-refractivity contribution in [1.29, 1.82) is 0 Å². The average Bonchev–Trinajstić information content (AvgIpc) is 3.10. The second kappa shape index (κ2) is 6.80. The van der Waals surface area contributed by atoms with Crippen molar-refractivity contribution in [2.75, 3.05) is 0 Å². The zero-order valence-electron chi connectivity index (χ0n) is 12.4. The SMILES string of the molecule is Cl.NC1CCC(C(=O)NC2(c3ccccc3)CCCC2)C1. The van der Waals surface area contributed by atoms with E-state index in [0.717, 1.165) is 32.1 Å². The first kappa shape index (κ1) is 16.3. The lowest BCUT2D eigenvalue weighted by molar-refractivity contribution is -0.127. The highest BCUT2D eigenvalue weighted by Crippen LogP contribution is 2.39. The maximum atomic E-state index is 12.6. The first-order valence-electron chi connectivity index (χ1n) is 7.83. The molecule has 3 rings (SSSR count). The van der Waals surface area contributed by atoms with Crippen LogP contribution >= 0.6 is 12.4 Å². The number of carbonyl (C=O) groups is 1. The molecule has 0 aliphatic heterocycles. The molecule has 1 aromatic rings. The lowest BCUT2D eigenvalue weighted by atomic mass is 9.87. The minimum atomic E-state index is -0.134. The molecule has 21 heavy (non-hydrogen) atoms. The van der Waals surface area contributed by atoms with E-state index in [1.54, 1.807) is 0 Å². The summed E-state index contributed by atoms with van der Waals surface area (Å²) in [7, 11) is 0. The molecule has 2 saturated carbocycles. The predicted octanol–water partition coefficient (Wildman–Crippen LogP) is 3.12. The fraction of sp³-hybridized carbons (Fsp3) is 0.588. The summed E-state index contributed by atoms with van der Waals surface area (Å²) in [5.74, 6) is 0.329. The van der Waals surface area contributed by atoms with E-state index in [-0.39, 0.29) is 35.8 Å². The molecule has 1 amide bonds. The van der Waals surface area contributed by atoms with E-state index < -0.39 is 0 Å². The quantitative estimate of drug-likeness (QED) is 0.901. The standard InChI is InChI=1S/C17H24N2O.ClH/c18-15-9-8-13(12-15)16(20)19-17(10-4-5-11-17)14-6-2-1-3-7-14;/h1-3,6-7,13,15H,4-5,8-12,18H2,(H,19,20);1H. The number of benzene rings is 1. The minimum Gasteiger partial charge on any atom is -0.346 e. The number of carbonyl (C=O) groups excluding carboxylic acids is 1. The van der Waals surface area contributed by atoms with Crippen LogP contribution in [-0.2, 0) is 10.3 Å². The Hall–Kier alpha value is -1.06. The van der Waals surface area contributed by atoms with Gasteiger partial charge in [-0.05, 0) is 37.7 Å². The Balaban J connectivity index is 0.00000161. The van der Waals surface area contributed by atoms with Gasteiger partial charge in [0.25, 0.3) is 0 Å². The van der Waals surface area contributed by atoms with Crippen molar-refractivity contribution in [3.05, 3.63) is 35.9 Å². The smallest absolute Gasteiger partial charge is 0.223 e. The highest BCUT2D eigenvalue weighted by Gasteiger charge is 2.39. The van der Waals surface area contributed by atoms with E-state index in [1.165, 1.54) is 18.4 Å². The molecule has 0 spiro atoms. The molecule has 2 unspecified atom stereocenters. The lowest BCUT2D eigenvalue weighted by Gasteiger charge is -2.32. The largest absolute Gasteiger partial charge is 0.346 e. The number of rotatable bonds is 3. The van der Waals surface area contributed by atoms with E-state index in [9.17, 15) is 4.79 Å². The molecule has 0 heterocycles. The van der Waals surface area contributed by atoms with Crippen molar-refractivity contribution in [3.63, 3.8) is 0 Å². The highest BCUT2D eigenvalue weighted by atomic mass is 35.5. The summed E-state index contributed by atoms with van der Waals surface area (Å²) in [5, 5.41) is 3.38. The molecule has 2 aliphatic carbocycles. The second-order valence-electron chi connectivity index (χ2n) is 6.41. The molecule has 3 nitrogen and oxygen atoms in total. The zero-order valence-corrected chi connectivity index (χ0v) is 13.2. The molecule has 0 aromatic heterocycles. The summed E-state index contributed by atoms with van der Waals surface area (Å²) < 4.78 is 0. The van der Waals surface area contributed by atoms with Crippen LogP contribution in [0.15, 0.2) is 30.3 Å². The van der Waals surface area contributed by atoms with Gasteiger partial charge in [0.05, 0.1) is 5.54 Å². The average molecular weight is 309 g/mol. The van der Waals surface area contributed by atoms with Crippen LogP contribution in [-0.4, -0.2) is 11.9 Å². The summed E-state index contributed by atoms with van der Waals surface area (Å²) in [6, 6.07) is 10.7. The molecular weight excluding hydrogens is 284 g/mol. The van der Waals surface area contributed by atoms with Crippen molar-refractivity contribution in [1.82, 2.24) is 5.32 Å². The van der Waals surface area contributed by atoms with Crippen LogP contribution < -0.4 is 11.1 Å². The maximum Gasteiger partial charge on any atom is 0.223 e. The second-order valence-corrected chi connectivity index (χ2v) is 6.41. The molecule has 0 radical (unpaired) electrons. The Morgan fingerprint density at radius 1 is 1.14 bits per heavy atom. The van der Waals surface area contributed by atoms with E-state index in [4.69, 9.17) is 5.73 Å². The van der Waals surface area contributed by atoms with Gasteiger partial charge < -0.3 is 11.1 Å². The van der Waals surface area contributed by atoms with Gasteiger partial charge in [0.2, 0.25) is 5.91 Å². The van der Waals surface area contributed by atoms with Crippen molar-refractivity contribution in [3.8, 4) is 0 Å². The van der Waals surface area contributed by atoms with Crippen molar-refractivity contribution in [2.45, 2.75) is 56.5 Å². The lowest BCUT2D eigenvalue weighted by Crippen LogP contribution is -2.46. The Bertz CT molecular complexity index is 471. The first-order valence-corrected chi connectivity index (χ1v) is 7.83. The molecular formula is C17H25ClN2O. The molecule has 0 bridgehead atoms. The molecule has 3 N–H and O–H groups in total. The summed E-state index contributed by atoms with van der Waals surface area (Å²) in [6.45, 7) is 0. The molecule has 4 heteroatoms. The normalized spacial score (nSPS) is 27.1. The summed E-state index contributed by atoms with van der Waals surface area (Å²) in [6.07, 6.45) is 7.27. The van der Waals surface area contributed by atoms with Gasteiger partial charge in [-0.25, -0.2) is 0 Å². The van der Waals surface area contributed by atoms with Crippen LogP contribution in [0, 0.1) is 5.92 Å². The third kappa shape index (κ3) is 3.41. The molecule has 2 atom stereocenters. The summed E-state index contributed by atoms with van der Waals surface area (Å²) in [4.78, 5) is 12.6. The Kier molecular flexibility index (Phi) is 5.28. The number of nitrogens with two attached hydrogens (primary N) is 1. The topological polar surface area (TPSA) is 55.1 Å². The number of amides is 1. The van der Waals surface area contributed by atoms with Crippen LogP contribution in [0.3, 0.4) is 0 Å². The Morgan fingerprint density at radius 3 is 2.38 bits per heavy atom. The van der Waals surface area contributed by atoms with Gasteiger partial charge in [0, 0.05) is 12.0 Å². The number of nitrogens with one attached hydrogen (secondary N) is 1. The first-order chi connectivity index (χ1) is 9.70. The Labute approximate surface area is 133 Å². The minimum absolute atomic E-state index is 0. The number of hydrogen-bond donors (Lipinski definition) is 2. The van der Waals surface area contributed by atoms with Crippen molar-refractivity contribution in [2.24, 2.45) is 11.7 Å². The van der Waals surface area contributed by atoms with Gasteiger partial charge in [0.15, 0.2) is 0 Å². The monoisotopic (exact) mass is 308 g/mol. The predicted molar refractivity (Wildman–Crippen MR) is 87.3 cm³/mol. The maximum absolute atomic E-state index is 12.6. The fourth-order valence-electron chi connectivity index (χ4n) is 3.81. The van der Waals surface area contributed by atoms with Crippen LogP contribution in [0.25, 0.3) is 0 Å². The van der Waals surface area contributed by atoms with Gasteiger partial charge in [-0.1, -0.05) is 43.2 Å². The molecule has 2 aliphatic rings. The summed E-state index contributed by atoms with van der Waals surface area (Å²) >= 11 is 0. The molecule has 1 aromatic carbocycles. The molecule has 2 fully saturated rings. The van der Waals surface area contributed by atoms with Crippen LogP contribution in [0.4, 0.5) is 0 Å². The zero-order chi connectivity index (χ0) is 14.0. The van der Waals surface area contributed by atoms with E-state index in [2.05, 4.69) is 29.6 Å².